The van der Waals surface area contributed by atoms with Crippen molar-refractivity contribution >= 4 is 19.7 Å². The number of halogens is 4. The second-order valence-corrected chi connectivity index (χ2v) is 5.05. The van der Waals surface area contributed by atoms with E-state index in [1.165, 1.54) is 6.07 Å². The molecule has 16 heavy (non-hydrogen) atoms. The van der Waals surface area contributed by atoms with E-state index in [9.17, 15) is 21.6 Å². The molecule has 4 nitrogen and oxygen atoms in total. The lowest BCUT2D eigenvalue weighted by Gasteiger charge is -2.07. The first kappa shape index (κ1) is 12.7. The summed E-state index contributed by atoms with van der Waals surface area (Å²) < 4.78 is 59.8. The summed E-state index contributed by atoms with van der Waals surface area (Å²) in [4.78, 5) is 1.79. The Labute approximate surface area is 92.7 Å². The van der Waals surface area contributed by atoms with Crippen LogP contribution < -0.4 is 0 Å². The van der Waals surface area contributed by atoms with Crippen LogP contribution in [0.5, 0.6) is 0 Å². The van der Waals surface area contributed by atoms with Gasteiger partial charge >= 0.3 is 0 Å². The molecule has 0 aliphatic rings. The maximum atomic E-state index is 13.0. The van der Waals surface area contributed by atoms with Crippen LogP contribution in [0, 0.1) is 17.1 Å². The highest BCUT2D eigenvalue weighted by molar-refractivity contribution is 8.13. The minimum Gasteiger partial charge on any atom is -0.241 e. The van der Waals surface area contributed by atoms with Gasteiger partial charge in [0.2, 0.25) is 0 Å². The Morgan fingerprint density at radius 3 is 2.44 bits per heavy atom. The van der Waals surface area contributed by atoms with E-state index in [-0.39, 0.29) is 0 Å². The summed E-state index contributed by atoms with van der Waals surface area (Å²) in [6.07, 6.45) is -3.08. The Bertz CT molecular complexity index is 568. The van der Waals surface area contributed by atoms with Crippen LogP contribution in [0.15, 0.2) is 11.1 Å². The summed E-state index contributed by atoms with van der Waals surface area (Å²) in [6.45, 7) is 0. The summed E-state index contributed by atoms with van der Waals surface area (Å²) >= 11 is 0. The van der Waals surface area contributed by atoms with Crippen LogP contribution in [-0.4, -0.2) is 13.4 Å². The molecular weight excluding hydrogens is 269 g/mol. The number of alkyl halides is 2. The van der Waals surface area contributed by atoms with Crippen molar-refractivity contribution in [3.05, 3.63) is 23.3 Å². The predicted molar refractivity (Wildman–Crippen MR) is 46.9 cm³/mol. The van der Waals surface area contributed by atoms with E-state index in [0.29, 0.717) is 6.20 Å². The van der Waals surface area contributed by atoms with Gasteiger partial charge in [-0.3, -0.25) is 0 Å². The highest BCUT2D eigenvalue weighted by Crippen LogP contribution is 2.32. The zero-order valence-electron chi connectivity index (χ0n) is 7.29. The van der Waals surface area contributed by atoms with Crippen molar-refractivity contribution in [3.8, 4) is 6.07 Å². The van der Waals surface area contributed by atoms with Crippen molar-refractivity contribution in [2.45, 2.75) is 11.3 Å². The number of hydrogen-bond acceptors (Lipinski definition) is 4. The third-order valence-corrected chi connectivity index (χ3v) is 2.96. The Kier molecular flexibility index (Phi) is 3.40. The van der Waals surface area contributed by atoms with Crippen molar-refractivity contribution in [2.24, 2.45) is 0 Å². The summed E-state index contributed by atoms with van der Waals surface area (Å²) in [5, 5.41) is 8.48. The quantitative estimate of drug-likeness (QED) is 0.770. The zero-order chi connectivity index (χ0) is 12.5. The van der Waals surface area contributed by atoms with E-state index in [1.54, 1.807) is 0 Å². The molecule has 0 unspecified atom stereocenters. The lowest BCUT2D eigenvalue weighted by Crippen LogP contribution is -2.07. The maximum Gasteiger partial charge on any atom is 0.268 e. The van der Waals surface area contributed by atoms with E-state index in [4.69, 9.17) is 15.9 Å². The second kappa shape index (κ2) is 4.27. The Hall–Kier alpha value is -1.33. The number of nitrogens with zero attached hydrogens (tertiary/aromatic N) is 2. The summed E-state index contributed by atoms with van der Waals surface area (Å²) in [5.74, 6) is -1.53. The van der Waals surface area contributed by atoms with E-state index < -0.39 is 37.4 Å². The van der Waals surface area contributed by atoms with Gasteiger partial charge in [-0.25, -0.2) is 26.6 Å². The van der Waals surface area contributed by atoms with Gasteiger partial charge in [0.15, 0.2) is 11.5 Å². The molecule has 1 heterocycles. The van der Waals surface area contributed by atoms with Crippen LogP contribution in [0.2, 0.25) is 0 Å². The maximum absolute atomic E-state index is 13.0. The van der Waals surface area contributed by atoms with Gasteiger partial charge in [-0.05, 0) is 0 Å². The Morgan fingerprint density at radius 2 is 2.06 bits per heavy atom. The summed E-state index contributed by atoms with van der Waals surface area (Å²) in [6, 6.07) is 1.25. The molecule has 0 bridgehead atoms. The largest absolute Gasteiger partial charge is 0.268 e. The van der Waals surface area contributed by atoms with Gasteiger partial charge < -0.3 is 0 Å². The first-order chi connectivity index (χ1) is 7.29. The Morgan fingerprint density at radius 1 is 1.50 bits per heavy atom. The van der Waals surface area contributed by atoms with Gasteiger partial charge in [-0.15, -0.1) is 0 Å². The van der Waals surface area contributed by atoms with Gasteiger partial charge in [-0.2, -0.15) is 5.26 Å². The highest BCUT2D eigenvalue weighted by atomic mass is 35.7. The van der Waals surface area contributed by atoms with Crippen LogP contribution >= 0.6 is 10.7 Å². The van der Waals surface area contributed by atoms with Gasteiger partial charge in [-0.1, -0.05) is 0 Å². The molecule has 0 amide bonds. The predicted octanol–water partition coefficient (Wildman–Crippen LogP) is 1.96. The Balaban J connectivity index is 3.79. The minimum atomic E-state index is -4.68. The molecule has 1 aromatic rings. The normalized spacial score (nSPS) is 11.5. The number of aromatic nitrogens is 1. The van der Waals surface area contributed by atoms with Crippen LogP contribution in [0.25, 0.3) is 0 Å². The molecule has 0 N–H and O–H groups in total. The van der Waals surface area contributed by atoms with E-state index in [2.05, 4.69) is 4.98 Å². The fraction of sp³-hybridized carbons (Fsp3) is 0.143. The second-order valence-electron chi connectivity index (χ2n) is 2.55. The molecule has 0 saturated carbocycles. The van der Waals surface area contributed by atoms with Crippen LogP contribution in [0.3, 0.4) is 0 Å². The van der Waals surface area contributed by atoms with Crippen molar-refractivity contribution < 1.29 is 21.6 Å². The molecule has 0 radical (unpaired) electrons. The standard InChI is InChI=1S/C7H2ClF3N2O2S/c8-16(14,15)6-4(1-12)13-2-3(9)5(6)7(10)11/h2,7H. The van der Waals surface area contributed by atoms with Crippen molar-refractivity contribution in [2.75, 3.05) is 0 Å². The molecule has 0 spiro atoms. The molecule has 0 aliphatic carbocycles. The topological polar surface area (TPSA) is 70.8 Å². The summed E-state index contributed by atoms with van der Waals surface area (Å²) in [7, 11) is 0.168. The monoisotopic (exact) mass is 270 g/mol. The molecule has 0 aromatic carbocycles. The first-order valence-corrected chi connectivity index (χ1v) is 5.91. The average molecular weight is 271 g/mol. The van der Waals surface area contributed by atoms with Gasteiger partial charge in [0.25, 0.3) is 15.5 Å². The molecular formula is C7H2ClF3N2O2S. The molecule has 0 aliphatic heterocycles. The third kappa shape index (κ3) is 2.25. The van der Waals surface area contributed by atoms with E-state index in [0.717, 1.165) is 0 Å². The van der Waals surface area contributed by atoms with Crippen LogP contribution in [-0.2, 0) is 9.05 Å². The minimum absolute atomic E-state index is 0.339. The highest BCUT2D eigenvalue weighted by Gasteiger charge is 2.30. The van der Waals surface area contributed by atoms with Crippen molar-refractivity contribution in [1.82, 2.24) is 4.98 Å². The zero-order valence-corrected chi connectivity index (χ0v) is 8.86. The fourth-order valence-electron chi connectivity index (χ4n) is 1.02. The van der Waals surface area contributed by atoms with Crippen LogP contribution in [0.4, 0.5) is 13.2 Å². The van der Waals surface area contributed by atoms with Crippen LogP contribution in [0.1, 0.15) is 17.7 Å². The summed E-state index contributed by atoms with van der Waals surface area (Å²) in [5.41, 5.74) is -2.31. The van der Waals surface area contributed by atoms with Gasteiger partial charge in [0.05, 0.1) is 11.8 Å². The van der Waals surface area contributed by atoms with E-state index in [1.807, 2.05) is 0 Å². The fourth-order valence-corrected chi connectivity index (χ4v) is 2.26. The molecule has 86 valence electrons. The average Bonchev–Trinajstić information content (AvgIpc) is 2.15. The molecule has 1 aromatic heterocycles. The number of hydrogen-bond donors (Lipinski definition) is 0. The molecule has 1 rings (SSSR count). The van der Waals surface area contributed by atoms with Crippen molar-refractivity contribution in [1.29, 1.82) is 5.26 Å². The first-order valence-electron chi connectivity index (χ1n) is 3.60. The number of pyridine rings is 1. The molecule has 0 atom stereocenters. The van der Waals surface area contributed by atoms with Crippen molar-refractivity contribution in [3.63, 3.8) is 0 Å². The lowest BCUT2D eigenvalue weighted by molar-refractivity contribution is 0.142. The van der Waals surface area contributed by atoms with Gasteiger partial charge in [0, 0.05) is 10.7 Å². The molecule has 0 saturated heterocycles. The number of rotatable bonds is 2. The smallest absolute Gasteiger partial charge is 0.241 e. The SMILES string of the molecule is N#Cc1ncc(F)c(C(F)F)c1S(=O)(=O)Cl. The van der Waals surface area contributed by atoms with E-state index >= 15 is 0 Å². The lowest BCUT2D eigenvalue weighted by atomic mass is 10.2. The third-order valence-electron chi connectivity index (χ3n) is 1.59. The number of nitriles is 1. The molecule has 0 fully saturated rings. The van der Waals surface area contributed by atoms with Gasteiger partial charge in [0.1, 0.15) is 11.0 Å². The molecule has 9 heteroatoms.